The van der Waals surface area contributed by atoms with E-state index in [1.165, 1.54) is 69.9 Å². The Bertz CT molecular complexity index is 416. The molecule has 0 radical (unpaired) electrons. The quantitative estimate of drug-likeness (QED) is 0.598. The summed E-state index contributed by atoms with van der Waals surface area (Å²) >= 11 is 0. The van der Waals surface area contributed by atoms with E-state index in [0.717, 1.165) is 12.3 Å². The van der Waals surface area contributed by atoms with E-state index in [0.29, 0.717) is 12.1 Å². The summed E-state index contributed by atoms with van der Waals surface area (Å²) in [6.45, 7) is 0. The maximum atomic E-state index is 5.75. The van der Waals surface area contributed by atoms with Gasteiger partial charge in [0.15, 0.2) is 0 Å². The summed E-state index contributed by atoms with van der Waals surface area (Å²) in [6, 6.07) is 3.19. The monoisotopic (exact) mass is 290 g/mol. The molecule has 2 fully saturated rings. The molecule has 1 aromatic rings. The van der Waals surface area contributed by atoms with Crippen LogP contribution in [-0.4, -0.2) is 15.8 Å². The molecule has 1 atom stereocenters. The smallest absolute Gasteiger partial charge is 0.0640 e. The van der Waals surface area contributed by atoms with Gasteiger partial charge in [0.2, 0.25) is 0 Å². The van der Waals surface area contributed by atoms with Crippen molar-refractivity contribution in [3.63, 3.8) is 0 Å². The summed E-state index contributed by atoms with van der Waals surface area (Å²) in [5, 5.41) is 4.78. The van der Waals surface area contributed by atoms with Gasteiger partial charge < -0.3 is 0 Å². The molecule has 1 unspecified atom stereocenters. The van der Waals surface area contributed by atoms with Crippen molar-refractivity contribution in [2.45, 2.75) is 82.7 Å². The molecule has 3 rings (SSSR count). The van der Waals surface area contributed by atoms with Gasteiger partial charge in [0.05, 0.1) is 11.7 Å². The fourth-order valence-electron chi connectivity index (χ4n) is 4.09. The molecule has 2 aliphatic carbocycles. The first-order chi connectivity index (χ1) is 10.3. The van der Waals surface area contributed by atoms with Crippen molar-refractivity contribution in [1.82, 2.24) is 15.2 Å². The highest BCUT2D eigenvalue weighted by Gasteiger charge is 2.20. The molecular formula is C17H30N4. The van der Waals surface area contributed by atoms with Crippen LogP contribution >= 0.6 is 0 Å². The zero-order valence-corrected chi connectivity index (χ0v) is 13.1. The average molecular weight is 290 g/mol. The molecule has 4 heteroatoms. The third-order valence-corrected chi connectivity index (χ3v) is 5.45. The van der Waals surface area contributed by atoms with Crippen LogP contribution in [0, 0.1) is 5.92 Å². The predicted molar refractivity (Wildman–Crippen MR) is 85.7 cm³/mol. The lowest BCUT2D eigenvalue weighted by atomic mass is 9.97. The number of nitrogens with zero attached hydrogens (tertiary/aromatic N) is 2. The Hall–Kier alpha value is -0.870. The molecule has 0 saturated heterocycles. The first-order valence-corrected chi connectivity index (χ1v) is 8.85. The first kappa shape index (κ1) is 15.0. The number of aromatic nitrogens is 2. The number of hydrazine groups is 1. The molecule has 2 saturated carbocycles. The Morgan fingerprint density at radius 3 is 2.62 bits per heavy atom. The Kier molecular flexibility index (Phi) is 5.31. The second kappa shape index (κ2) is 7.41. The van der Waals surface area contributed by atoms with Gasteiger partial charge in [-0.3, -0.25) is 16.0 Å². The lowest BCUT2D eigenvalue weighted by Crippen LogP contribution is -2.37. The van der Waals surface area contributed by atoms with Gasteiger partial charge in [-0.05, 0) is 37.7 Å². The first-order valence-electron chi connectivity index (χ1n) is 8.85. The number of hydrogen-bond acceptors (Lipinski definition) is 3. The topological polar surface area (TPSA) is 55.9 Å². The summed E-state index contributed by atoms with van der Waals surface area (Å²) in [7, 11) is 0. The lowest BCUT2D eigenvalue weighted by molar-refractivity contribution is 0.401. The van der Waals surface area contributed by atoms with Crippen molar-refractivity contribution in [3.8, 4) is 0 Å². The van der Waals surface area contributed by atoms with E-state index in [1.54, 1.807) is 0 Å². The molecule has 118 valence electrons. The molecule has 0 amide bonds. The van der Waals surface area contributed by atoms with E-state index in [1.807, 2.05) is 0 Å². The highest BCUT2D eigenvalue weighted by atomic mass is 15.3. The summed E-state index contributed by atoms with van der Waals surface area (Å²) in [5.74, 6) is 6.69. The maximum absolute atomic E-state index is 5.75. The fraction of sp³-hybridized carbons (Fsp3) is 0.824. The van der Waals surface area contributed by atoms with Crippen molar-refractivity contribution < 1.29 is 0 Å². The molecule has 0 bridgehead atoms. The van der Waals surface area contributed by atoms with Crippen LogP contribution in [0.4, 0.5) is 0 Å². The molecule has 4 nitrogen and oxygen atoms in total. The molecule has 1 heterocycles. The molecule has 2 aliphatic rings. The third-order valence-electron chi connectivity index (χ3n) is 5.45. The zero-order valence-electron chi connectivity index (χ0n) is 13.1. The van der Waals surface area contributed by atoms with E-state index in [4.69, 9.17) is 10.9 Å². The average Bonchev–Trinajstić information content (AvgIpc) is 3.24. The summed E-state index contributed by atoms with van der Waals surface area (Å²) in [4.78, 5) is 0. The van der Waals surface area contributed by atoms with Crippen LogP contribution < -0.4 is 11.3 Å². The van der Waals surface area contributed by atoms with E-state index >= 15 is 0 Å². The maximum Gasteiger partial charge on any atom is 0.0640 e. The van der Waals surface area contributed by atoms with Gasteiger partial charge in [-0.25, -0.2) is 0 Å². The van der Waals surface area contributed by atoms with Crippen LogP contribution in [0.15, 0.2) is 12.3 Å². The molecule has 0 aromatic carbocycles. The largest absolute Gasteiger partial charge is 0.271 e. The van der Waals surface area contributed by atoms with Crippen molar-refractivity contribution >= 4 is 0 Å². The number of rotatable bonds is 7. The van der Waals surface area contributed by atoms with Crippen molar-refractivity contribution in [3.05, 3.63) is 18.0 Å². The molecule has 1 aromatic heterocycles. The van der Waals surface area contributed by atoms with Crippen molar-refractivity contribution in [2.24, 2.45) is 11.8 Å². The number of nitrogens with two attached hydrogens (primary N) is 1. The summed E-state index contributed by atoms with van der Waals surface area (Å²) in [6.07, 6.45) is 16.6. The fourth-order valence-corrected chi connectivity index (χ4v) is 4.09. The van der Waals surface area contributed by atoms with Gasteiger partial charge in [-0.15, -0.1) is 0 Å². The van der Waals surface area contributed by atoms with Gasteiger partial charge in [-0.1, -0.05) is 38.5 Å². The minimum atomic E-state index is 0.373. The standard InChI is InChI=1S/C17H30N4/c18-19-15(10-9-14-5-1-2-6-14)13-16-11-12-21(20-16)17-7-3-4-8-17/h11-12,14-15,17,19H,1-10,13,18H2. The summed E-state index contributed by atoms with van der Waals surface area (Å²) in [5.41, 5.74) is 4.20. The Labute approximate surface area is 128 Å². The number of hydrogen-bond donors (Lipinski definition) is 2. The van der Waals surface area contributed by atoms with Crippen molar-refractivity contribution in [2.75, 3.05) is 0 Å². The van der Waals surface area contributed by atoms with E-state index in [2.05, 4.69) is 22.4 Å². The molecule has 0 aliphatic heterocycles. The van der Waals surface area contributed by atoms with Crippen molar-refractivity contribution in [1.29, 1.82) is 0 Å². The molecule has 21 heavy (non-hydrogen) atoms. The minimum absolute atomic E-state index is 0.373. The minimum Gasteiger partial charge on any atom is -0.271 e. The van der Waals surface area contributed by atoms with Crippen LogP contribution in [0.1, 0.15) is 75.9 Å². The van der Waals surface area contributed by atoms with E-state index in [-0.39, 0.29) is 0 Å². The SMILES string of the molecule is NNC(CCC1CCCC1)Cc1ccn(C2CCCC2)n1. The summed E-state index contributed by atoms with van der Waals surface area (Å²) < 4.78 is 2.19. The Morgan fingerprint density at radius 2 is 1.90 bits per heavy atom. The lowest BCUT2D eigenvalue weighted by Gasteiger charge is -2.17. The van der Waals surface area contributed by atoms with Gasteiger partial charge in [0.25, 0.3) is 0 Å². The Morgan fingerprint density at radius 1 is 1.19 bits per heavy atom. The predicted octanol–water partition coefficient (Wildman–Crippen LogP) is 3.34. The van der Waals surface area contributed by atoms with Gasteiger partial charge in [-0.2, -0.15) is 5.10 Å². The Balaban J connectivity index is 1.48. The molecule has 3 N–H and O–H groups in total. The van der Waals surface area contributed by atoms with Crippen LogP contribution in [0.3, 0.4) is 0 Å². The molecule has 0 spiro atoms. The zero-order chi connectivity index (χ0) is 14.5. The van der Waals surface area contributed by atoms with E-state index in [9.17, 15) is 0 Å². The van der Waals surface area contributed by atoms with Crippen LogP contribution in [-0.2, 0) is 6.42 Å². The highest BCUT2D eigenvalue weighted by molar-refractivity contribution is 5.02. The van der Waals surface area contributed by atoms with Gasteiger partial charge >= 0.3 is 0 Å². The van der Waals surface area contributed by atoms with Crippen LogP contribution in [0.25, 0.3) is 0 Å². The second-order valence-corrected chi connectivity index (χ2v) is 7.02. The highest BCUT2D eigenvalue weighted by Crippen LogP contribution is 2.30. The van der Waals surface area contributed by atoms with Crippen LogP contribution in [0.2, 0.25) is 0 Å². The number of nitrogens with one attached hydrogen (secondary N) is 1. The molecular weight excluding hydrogens is 260 g/mol. The second-order valence-electron chi connectivity index (χ2n) is 7.02. The van der Waals surface area contributed by atoms with E-state index < -0.39 is 0 Å². The normalized spacial score (nSPS) is 22.1. The van der Waals surface area contributed by atoms with Crippen LogP contribution in [0.5, 0.6) is 0 Å². The van der Waals surface area contributed by atoms with Gasteiger partial charge in [0, 0.05) is 18.7 Å². The van der Waals surface area contributed by atoms with Gasteiger partial charge in [0.1, 0.15) is 0 Å². The third kappa shape index (κ3) is 4.07.